The Labute approximate surface area is 85.8 Å². The lowest BCUT2D eigenvalue weighted by atomic mass is 10.1. The number of nitrogens with zero attached hydrogens (tertiary/aromatic N) is 2. The summed E-state index contributed by atoms with van der Waals surface area (Å²) in [5.74, 6) is 0. The van der Waals surface area contributed by atoms with Crippen molar-refractivity contribution in [2.24, 2.45) is 0 Å². The number of aromatic nitrogens is 2. The van der Waals surface area contributed by atoms with Crippen LogP contribution in [0.1, 0.15) is 30.8 Å². The molecule has 1 aromatic rings. The van der Waals surface area contributed by atoms with Crippen molar-refractivity contribution >= 4 is 0 Å². The summed E-state index contributed by atoms with van der Waals surface area (Å²) < 4.78 is 2.04. The van der Waals surface area contributed by atoms with Gasteiger partial charge in [-0.15, -0.1) is 6.58 Å². The van der Waals surface area contributed by atoms with Gasteiger partial charge in [0.2, 0.25) is 0 Å². The fourth-order valence-electron chi connectivity index (χ4n) is 1.65. The first-order valence-electron chi connectivity index (χ1n) is 5.05. The van der Waals surface area contributed by atoms with Crippen LogP contribution < -0.4 is 5.32 Å². The highest BCUT2D eigenvalue weighted by atomic mass is 15.3. The van der Waals surface area contributed by atoms with Crippen molar-refractivity contribution < 1.29 is 0 Å². The molecule has 1 unspecified atom stereocenters. The van der Waals surface area contributed by atoms with E-state index in [4.69, 9.17) is 0 Å². The predicted molar refractivity (Wildman–Crippen MR) is 59.3 cm³/mol. The van der Waals surface area contributed by atoms with Crippen LogP contribution >= 0.6 is 0 Å². The van der Waals surface area contributed by atoms with E-state index in [2.05, 4.69) is 30.0 Å². The van der Waals surface area contributed by atoms with Crippen LogP contribution in [0, 0.1) is 6.92 Å². The molecule has 0 bridgehead atoms. The van der Waals surface area contributed by atoms with Gasteiger partial charge in [0.1, 0.15) is 0 Å². The van der Waals surface area contributed by atoms with Crippen LogP contribution in [-0.4, -0.2) is 16.8 Å². The van der Waals surface area contributed by atoms with Crippen molar-refractivity contribution in [3.63, 3.8) is 0 Å². The molecule has 1 heterocycles. The van der Waals surface area contributed by atoms with Gasteiger partial charge in [0.25, 0.3) is 0 Å². The summed E-state index contributed by atoms with van der Waals surface area (Å²) in [7, 11) is 1.97. The molecule has 1 atom stereocenters. The Kier molecular flexibility index (Phi) is 3.89. The molecule has 0 radical (unpaired) electrons. The minimum atomic E-state index is 0.327. The molecule has 0 spiro atoms. The van der Waals surface area contributed by atoms with Crippen LogP contribution in [0.25, 0.3) is 0 Å². The maximum atomic E-state index is 4.42. The van der Waals surface area contributed by atoms with Crippen molar-refractivity contribution in [3.8, 4) is 0 Å². The maximum Gasteiger partial charge on any atom is 0.0597 e. The van der Waals surface area contributed by atoms with Crippen LogP contribution in [0.4, 0.5) is 0 Å². The molecule has 0 aromatic carbocycles. The van der Waals surface area contributed by atoms with E-state index in [1.165, 1.54) is 5.69 Å². The van der Waals surface area contributed by atoms with Crippen molar-refractivity contribution in [1.29, 1.82) is 0 Å². The molecular weight excluding hydrogens is 174 g/mol. The largest absolute Gasteiger partial charge is 0.311 e. The molecule has 14 heavy (non-hydrogen) atoms. The third kappa shape index (κ3) is 2.23. The average Bonchev–Trinajstić information content (AvgIpc) is 2.55. The zero-order valence-corrected chi connectivity index (χ0v) is 9.25. The van der Waals surface area contributed by atoms with E-state index in [1.807, 2.05) is 24.7 Å². The number of rotatable bonds is 5. The topological polar surface area (TPSA) is 29.9 Å². The summed E-state index contributed by atoms with van der Waals surface area (Å²) >= 11 is 0. The summed E-state index contributed by atoms with van der Waals surface area (Å²) in [5, 5.41) is 7.70. The molecule has 1 rings (SSSR count). The van der Waals surface area contributed by atoms with E-state index in [9.17, 15) is 0 Å². The molecule has 0 aliphatic rings. The van der Waals surface area contributed by atoms with Gasteiger partial charge in [-0.3, -0.25) is 4.68 Å². The van der Waals surface area contributed by atoms with Crippen molar-refractivity contribution in [2.45, 2.75) is 32.9 Å². The summed E-state index contributed by atoms with van der Waals surface area (Å²) in [5.41, 5.74) is 2.32. The second-order valence-corrected chi connectivity index (χ2v) is 3.39. The van der Waals surface area contributed by atoms with Crippen LogP contribution in [0.15, 0.2) is 18.7 Å². The second-order valence-electron chi connectivity index (χ2n) is 3.39. The molecule has 0 fully saturated rings. The highest BCUT2D eigenvalue weighted by Crippen LogP contribution is 2.17. The van der Waals surface area contributed by atoms with Crippen molar-refractivity contribution in [2.75, 3.05) is 7.05 Å². The number of nitrogens with one attached hydrogen (secondary N) is 1. The summed E-state index contributed by atoms with van der Waals surface area (Å²) in [6, 6.07) is 2.46. The van der Waals surface area contributed by atoms with Gasteiger partial charge in [0.05, 0.1) is 17.4 Å². The second kappa shape index (κ2) is 4.96. The average molecular weight is 193 g/mol. The highest BCUT2D eigenvalue weighted by molar-refractivity contribution is 5.14. The Hall–Kier alpha value is -1.09. The van der Waals surface area contributed by atoms with Gasteiger partial charge in [-0.2, -0.15) is 5.10 Å². The first-order chi connectivity index (χ1) is 6.72. The van der Waals surface area contributed by atoms with Crippen molar-refractivity contribution in [3.05, 3.63) is 30.1 Å². The quantitative estimate of drug-likeness (QED) is 0.725. The lowest BCUT2D eigenvalue weighted by Gasteiger charge is -2.15. The van der Waals surface area contributed by atoms with E-state index >= 15 is 0 Å². The zero-order valence-electron chi connectivity index (χ0n) is 9.25. The summed E-state index contributed by atoms with van der Waals surface area (Å²) in [6.45, 7) is 8.81. The maximum absolute atomic E-state index is 4.42. The normalized spacial score (nSPS) is 12.8. The number of aryl methyl sites for hydroxylation is 2. The van der Waals surface area contributed by atoms with Crippen LogP contribution in [-0.2, 0) is 6.54 Å². The number of hydrogen-bond acceptors (Lipinski definition) is 2. The highest BCUT2D eigenvalue weighted by Gasteiger charge is 2.13. The molecule has 3 nitrogen and oxygen atoms in total. The van der Waals surface area contributed by atoms with Gasteiger partial charge >= 0.3 is 0 Å². The van der Waals surface area contributed by atoms with Crippen molar-refractivity contribution in [1.82, 2.24) is 15.1 Å². The van der Waals surface area contributed by atoms with Gasteiger partial charge < -0.3 is 5.32 Å². The molecule has 1 N–H and O–H groups in total. The Morgan fingerprint density at radius 3 is 2.93 bits per heavy atom. The Morgan fingerprint density at radius 1 is 1.71 bits per heavy atom. The van der Waals surface area contributed by atoms with E-state index in [0.717, 1.165) is 18.7 Å². The summed E-state index contributed by atoms with van der Waals surface area (Å²) in [4.78, 5) is 0. The van der Waals surface area contributed by atoms with E-state index in [-0.39, 0.29) is 0 Å². The molecule has 1 aromatic heterocycles. The van der Waals surface area contributed by atoms with Crippen LogP contribution in [0.2, 0.25) is 0 Å². The minimum Gasteiger partial charge on any atom is -0.311 e. The van der Waals surface area contributed by atoms with Gasteiger partial charge in [-0.1, -0.05) is 6.08 Å². The third-order valence-corrected chi connectivity index (χ3v) is 2.34. The van der Waals surface area contributed by atoms with Gasteiger partial charge in [0, 0.05) is 6.54 Å². The standard InChI is InChI=1S/C11H19N3/c1-5-7-10(12-4)11-8-9(3)13-14(11)6-2/h5,8,10,12H,1,6-7H2,2-4H3. The van der Waals surface area contributed by atoms with E-state index in [0.29, 0.717) is 6.04 Å². The molecular formula is C11H19N3. The molecule has 0 saturated carbocycles. The first kappa shape index (κ1) is 11.0. The SMILES string of the molecule is C=CCC(NC)c1cc(C)nn1CC. The predicted octanol–water partition coefficient (Wildman–Crippen LogP) is 2.05. The molecule has 3 heteroatoms. The van der Waals surface area contributed by atoms with Crippen LogP contribution in [0.3, 0.4) is 0 Å². The minimum absolute atomic E-state index is 0.327. The lowest BCUT2D eigenvalue weighted by Crippen LogP contribution is -2.19. The van der Waals surface area contributed by atoms with Gasteiger partial charge in [-0.25, -0.2) is 0 Å². The monoisotopic (exact) mass is 193 g/mol. The van der Waals surface area contributed by atoms with Gasteiger partial charge in [-0.05, 0) is 33.4 Å². The Balaban J connectivity index is 2.95. The van der Waals surface area contributed by atoms with E-state index < -0.39 is 0 Å². The molecule has 0 saturated heterocycles. The molecule has 0 amide bonds. The smallest absolute Gasteiger partial charge is 0.0597 e. The van der Waals surface area contributed by atoms with Gasteiger partial charge in [0.15, 0.2) is 0 Å². The lowest BCUT2D eigenvalue weighted by molar-refractivity contribution is 0.519. The van der Waals surface area contributed by atoms with Crippen LogP contribution in [0.5, 0.6) is 0 Å². The fourth-order valence-corrected chi connectivity index (χ4v) is 1.65. The zero-order chi connectivity index (χ0) is 10.6. The number of hydrogen-bond donors (Lipinski definition) is 1. The van der Waals surface area contributed by atoms with E-state index in [1.54, 1.807) is 0 Å². The summed E-state index contributed by atoms with van der Waals surface area (Å²) in [6.07, 6.45) is 2.87. The Morgan fingerprint density at radius 2 is 2.43 bits per heavy atom. The Bertz CT molecular complexity index is 301. The molecule has 0 aliphatic heterocycles. The molecule has 78 valence electrons. The first-order valence-corrected chi connectivity index (χ1v) is 5.05. The molecule has 0 aliphatic carbocycles. The third-order valence-electron chi connectivity index (χ3n) is 2.34. The fraction of sp³-hybridized carbons (Fsp3) is 0.545.